The van der Waals surface area contributed by atoms with Gasteiger partial charge in [0.25, 0.3) is 23.6 Å². The summed E-state index contributed by atoms with van der Waals surface area (Å²) in [6.45, 7) is 7.18. The summed E-state index contributed by atoms with van der Waals surface area (Å²) in [5.41, 5.74) is 13.1. The highest BCUT2D eigenvalue weighted by Crippen LogP contribution is 2.32. The van der Waals surface area contributed by atoms with Gasteiger partial charge in [-0.2, -0.15) is 0 Å². The fourth-order valence-corrected chi connectivity index (χ4v) is 8.26. The molecule has 0 fully saturated rings. The number of Topliss-reactive ketones (excluding diaryl/α,β-unsaturated/α-hetero) is 1. The Kier molecular flexibility index (Phi) is 17.9. The van der Waals surface area contributed by atoms with E-state index in [2.05, 4.69) is 40.9 Å². The van der Waals surface area contributed by atoms with Gasteiger partial charge in [-0.1, -0.05) is 32.9 Å². The van der Waals surface area contributed by atoms with Gasteiger partial charge in [0.2, 0.25) is 41.1 Å². The molecule has 28 heteroatoms. The monoisotopic (exact) mass is 1090 g/mol. The molecule has 1 aliphatic rings. The number of nitrogens with zero attached hydrogens (tertiary/aromatic N) is 8. The number of carbonyl (C=O) groups excluding carboxylic acids is 9. The molecule has 8 N–H and O–H groups in total. The van der Waals surface area contributed by atoms with Crippen molar-refractivity contribution in [2.45, 2.75) is 92.3 Å². The number of aliphatic carboxylic acids is 1. The second kappa shape index (κ2) is 24.8. The van der Waals surface area contributed by atoms with Gasteiger partial charge in [-0.25, -0.2) is 24.9 Å². The molecule has 2 atom stereocenters. The van der Waals surface area contributed by atoms with Crippen LogP contribution in [0.5, 0.6) is 5.75 Å². The van der Waals surface area contributed by atoms with Gasteiger partial charge in [0, 0.05) is 70.1 Å². The highest BCUT2D eigenvalue weighted by atomic mass is 16.5. The van der Waals surface area contributed by atoms with Gasteiger partial charge < -0.3 is 44.8 Å². The minimum absolute atomic E-state index is 0.00222. The Labute approximate surface area is 448 Å². The molecule has 0 bridgehead atoms. The maximum Gasteiger partial charge on any atom is 0.309 e. The number of carbonyl (C=O) groups is 10. The van der Waals surface area contributed by atoms with Crippen LogP contribution in [0.2, 0.25) is 0 Å². The van der Waals surface area contributed by atoms with E-state index in [1.165, 1.54) is 31.3 Å². The third-order valence-corrected chi connectivity index (χ3v) is 12.1. The summed E-state index contributed by atoms with van der Waals surface area (Å²) in [7, 11) is 0. The van der Waals surface area contributed by atoms with Gasteiger partial charge in [-0.05, 0) is 37.5 Å². The third-order valence-electron chi connectivity index (χ3n) is 12.1. The predicted octanol–water partition coefficient (Wildman–Crippen LogP) is 2.64. The standard InChI is InChI=1S/C51H55N13O15/c1-6-30-42(78-26(4)55-30)47(73)60-50-58-33-20-28(44(52)71)22-36(76-17-10-18-77-49(75)25(3)19-35(65)32(11-14-40(69)70)57-37(66)24-64-38(67)12-13-39(64)68)41(33)62(50)15-8-9-16-63-46-34(21-29(23-54-46)45(53)72)59-51(63)61-48(74)43-31(7-2)56-27(5)79-43/h8-9,12-13,20-23,25,32H,6-7,10-11,14-19,24H2,1-5H3,(H2,52,71)(H2,53,72)(H,57,66)(H,69,70)(H,58,60,73)(H,59,61,74)/b9-8+/t25-,32+/m1/s1. The first-order valence-electron chi connectivity index (χ1n) is 24.7. The average molecular weight is 1090 g/mol. The number of hydrogen-bond donors (Lipinski definition) is 6. The fourth-order valence-electron chi connectivity index (χ4n) is 8.26. The number of rotatable bonds is 27. The van der Waals surface area contributed by atoms with Crippen molar-refractivity contribution in [3.63, 3.8) is 0 Å². The minimum atomic E-state index is -1.36. The molecule has 0 aliphatic carbocycles. The minimum Gasteiger partial charge on any atom is -0.491 e. The van der Waals surface area contributed by atoms with E-state index in [9.17, 15) is 53.1 Å². The number of ketones is 1. The summed E-state index contributed by atoms with van der Waals surface area (Å²) < 4.78 is 26.0. The number of anilines is 2. The van der Waals surface area contributed by atoms with Gasteiger partial charge in [0.15, 0.2) is 23.2 Å². The van der Waals surface area contributed by atoms with E-state index < -0.39 is 90.4 Å². The number of carboxylic acid groups (broad SMARTS) is 1. The van der Waals surface area contributed by atoms with Crippen LogP contribution in [0.15, 0.2) is 57.5 Å². The zero-order valence-corrected chi connectivity index (χ0v) is 43.4. The molecule has 1 aliphatic heterocycles. The van der Waals surface area contributed by atoms with E-state index in [1.807, 2.05) is 6.92 Å². The number of carboxylic acids is 1. The van der Waals surface area contributed by atoms with Crippen LogP contribution in [0.4, 0.5) is 11.9 Å². The number of imide groups is 1. The van der Waals surface area contributed by atoms with Crippen molar-refractivity contribution in [3.05, 3.63) is 94.5 Å². The Morgan fingerprint density at radius 3 is 1.92 bits per heavy atom. The smallest absolute Gasteiger partial charge is 0.309 e. The average Bonchev–Trinajstić information content (AvgIpc) is 4.29. The lowest BCUT2D eigenvalue weighted by atomic mass is 9.97. The maximum atomic E-state index is 13.8. The van der Waals surface area contributed by atoms with Crippen molar-refractivity contribution in [1.82, 2.24) is 44.3 Å². The Hall–Kier alpha value is -9.89. The number of aryl methyl sites for hydroxylation is 4. The predicted molar refractivity (Wildman–Crippen MR) is 275 cm³/mol. The summed E-state index contributed by atoms with van der Waals surface area (Å²) in [6.07, 6.45) is 6.19. The third kappa shape index (κ3) is 13.6. The highest BCUT2D eigenvalue weighted by molar-refractivity contribution is 6.14. The van der Waals surface area contributed by atoms with Gasteiger partial charge in [0.05, 0.1) is 47.6 Å². The normalized spacial score (nSPS) is 13.1. The van der Waals surface area contributed by atoms with Crippen LogP contribution in [0.25, 0.3) is 22.2 Å². The molecular weight excluding hydrogens is 1030 g/mol. The number of hydrogen-bond acceptors (Lipinski definition) is 19. The van der Waals surface area contributed by atoms with Crippen LogP contribution in [0.3, 0.4) is 0 Å². The number of primary amides is 2. The summed E-state index contributed by atoms with van der Waals surface area (Å²) >= 11 is 0. The molecule has 414 valence electrons. The van der Waals surface area contributed by atoms with Crippen LogP contribution in [-0.2, 0) is 59.4 Å². The zero-order valence-electron chi connectivity index (χ0n) is 43.4. The molecule has 0 unspecified atom stereocenters. The number of nitrogens with two attached hydrogens (primary N) is 2. The molecule has 0 radical (unpaired) electrons. The van der Waals surface area contributed by atoms with Gasteiger partial charge in [0.1, 0.15) is 23.3 Å². The molecule has 6 heterocycles. The number of oxazole rings is 2. The number of aromatic nitrogens is 7. The molecule has 0 saturated carbocycles. The van der Waals surface area contributed by atoms with Crippen LogP contribution in [0.1, 0.15) is 111 Å². The van der Waals surface area contributed by atoms with Crippen LogP contribution < -0.4 is 32.2 Å². The molecule has 6 aromatic rings. The molecule has 79 heavy (non-hydrogen) atoms. The lowest BCUT2D eigenvalue weighted by molar-refractivity contribution is -0.150. The van der Waals surface area contributed by atoms with Crippen molar-refractivity contribution in [3.8, 4) is 5.75 Å². The lowest BCUT2D eigenvalue weighted by Crippen LogP contribution is -2.47. The largest absolute Gasteiger partial charge is 0.491 e. The first-order chi connectivity index (χ1) is 37.6. The van der Waals surface area contributed by atoms with E-state index in [0.717, 1.165) is 12.2 Å². The molecule has 28 nitrogen and oxygen atoms in total. The van der Waals surface area contributed by atoms with E-state index in [0.29, 0.717) is 29.1 Å². The number of fused-ring (bicyclic) bond motifs is 2. The first-order valence-corrected chi connectivity index (χ1v) is 24.7. The molecular formula is C51H55N13O15. The van der Waals surface area contributed by atoms with Crippen LogP contribution in [-0.4, -0.2) is 129 Å². The van der Waals surface area contributed by atoms with Gasteiger partial charge in [-0.3, -0.25) is 68.0 Å². The fraction of sp³-hybridized carbons (Fsp3) is 0.353. The Balaban J connectivity index is 1.09. The number of allylic oxidation sites excluding steroid dienone is 2. The molecule has 7 amide bonds. The number of esters is 1. The van der Waals surface area contributed by atoms with Crippen LogP contribution in [0, 0.1) is 19.8 Å². The number of nitrogens with one attached hydrogen (secondary N) is 3. The second-order valence-electron chi connectivity index (χ2n) is 17.9. The highest BCUT2D eigenvalue weighted by Gasteiger charge is 2.31. The molecule has 0 saturated heterocycles. The SMILES string of the molecule is CCc1nc(C)oc1C(=O)Nc1nc2cc(C(N)=O)cnc2n1C/C=C/Cn1c(NC(=O)c2oc(C)nc2CC)nc2cc(C(N)=O)cc(OCCCOC(=O)[C@H](C)CC(=O)[C@H](CCC(=O)O)NC(=O)CN3C(=O)C=CC3=O)c21. The number of pyridine rings is 1. The molecule has 0 spiro atoms. The number of benzene rings is 1. The topological polar surface area (TPSA) is 401 Å². The van der Waals surface area contributed by atoms with E-state index in [-0.39, 0.29) is 113 Å². The second-order valence-corrected chi connectivity index (χ2v) is 17.9. The van der Waals surface area contributed by atoms with Gasteiger partial charge >= 0.3 is 11.9 Å². The lowest BCUT2D eigenvalue weighted by Gasteiger charge is -2.20. The van der Waals surface area contributed by atoms with E-state index in [1.54, 1.807) is 42.1 Å². The number of ether oxygens (including phenoxy) is 2. The Morgan fingerprint density at radius 2 is 1.34 bits per heavy atom. The van der Waals surface area contributed by atoms with Crippen molar-refractivity contribution in [1.29, 1.82) is 0 Å². The van der Waals surface area contributed by atoms with Crippen LogP contribution >= 0.6 is 0 Å². The number of amides is 7. The van der Waals surface area contributed by atoms with Crippen molar-refractivity contribution >= 4 is 93.2 Å². The summed E-state index contributed by atoms with van der Waals surface area (Å²) in [4.78, 5) is 149. The maximum absolute atomic E-state index is 13.8. The van der Waals surface area contributed by atoms with E-state index >= 15 is 0 Å². The molecule has 1 aromatic carbocycles. The Bertz CT molecular complexity index is 3470. The summed E-state index contributed by atoms with van der Waals surface area (Å²) in [6, 6.07) is 2.86. The summed E-state index contributed by atoms with van der Waals surface area (Å²) in [5, 5.41) is 17.1. The quantitative estimate of drug-likeness (QED) is 0.0187. The number of imidazole rings is 2. The van der Waals surface area contributed by atoms with Gasteiger partial charge in [-0.15, -0.1) is 0 Å². The first kappa shape index (κ1) is 56.8. The van der Waals surface area contributed by atoms with Crippen molar-refractivity contribution < 1.29 is 71.4 Å². The summed E-state index contributed by atoms with van der Waals surface area (Å²) in [5.74, 6) is -8.43. The Morgan fingerprint density at radius 1 is 0.772 bits per heavy atom. The molecule has 5 aromatic heterocycles. The molecule has 7 rings (SSSR count). The van der Waals surface area contributed by atoms with E-state index in [4.69, 9.17) is 29.8 Å². The van der Waals surface area contributed by atoms with Crippen molar-refractivity contribution in [2.75, 3.05) is 30.4 Å². The van der Waals surface area contributed by atoms with Crippen molar-refractivity contribution in [2.24, 2.45) is 17.4 Å². The zero-order chi connectivity index (χ0) is 57.2.